The van der Waals surface area contributed by atoms with Gasteiger partial charge in [-0.25, -0.2) is 0 Å². The number of amides is 1. The summed E-state index contributed by atoms with van der Waals surface area (Å²) in [6.07, 6.45) is 7.73. The van der Waals surface area contributed by atoms with E-state index in [2.05, 4.69) is 56.7 Å². The Labute approximate surface area is 142 Å². The highest BCUT2D eigenvalue weighted by Crippen LogP contribution is 2.09. The van der Waals surface area contributed by atoms with Crippen molar-refractivity contribution >= 4 is 5.91 Å². The van der Waals surface area contributed by atoms with Gasteiger partial charge in [-0.05, 0) is 6.42 Å². The Morgan fingerprint density at radius 3 is 2.39 bits per heavy atom. The van der Waals surface area contributed by atoms with Crippen molar-refractivity contribution in [2.45, 2.75) is 58.4 Å². The number of nitrogens with one attached hydrogen (secondary N) is 1. The maximum atomic E-state index is 11.8. The molecule has 0 saturated heterocycles. The Morgan fingerprint density at radius 2 is 1.70 bits per heavy atom. The third-order valence-corrected chi connectivity index (χ3v) is 4.22. The first kappa shape index (κ1) is 19.7. The normalized spacial score (nSPS) is 11.4. The van der Waals surface area contributed by atoms with Gasteiger partial charge in [0, 0.05) is 24.9 Å². The van der Waals surface area contributed by atoms with Gasteiger partial charge in [-0.3, -0.25) is 4.79 Å². The SMILES string of the molecule is CCCCCCCC(=O)NCCC[N+](C)(C)Cc1ccccc1. The molecule has 0 saturated carbocycles. The molecule has 0 bridgehead atoms. The Kier molecular flexibility index (Phi) is 9.61. The van der Waals surface area contributed by atoms with Crippen LogP contribution in [0.25, 0.3) is 0 Å². The monoisotopic (exact) mass is 319 g/mol. The Hall–Kier alpha value is -1.35. The zero-order valence-electron chi connectivity index (χ0n) is 15.3. The van der Waals surface area contributed by atoms with Gasteiger partial charge < -0.3 is 9.80 Å². The van der Waals surface area contributed by atoms with Crippen LogP contribution in [-0.4, -0.2) is 37.6 Å². The lowest BCUT2D eigenvalue weighted by Gasteiger charge is -2.30. The van der Waals surface area contributed by atoms with Crippen molar-refractivity contribution in [3.05, 3.63) is 35.9 Å². The summed E-state index contributed by atoms with van der Waals surface area (Å²) in [5.74, 6) is 0.217. The standard InChI is InChI=1S/C20H34N2O/c1-4-5-6-7-11-15-20(23)21-16-12-17-22(2,3)18-19-13-9-8-10-14-19/h8-10,13-14H,4-7,11-12,15-18H2,1-3H3/p+1. The van der Waals surface area contributed by atoms with E-state index in [1.807, 2.05) is 0 Å². The van der Waals surface area contributed by atoms with Crippen molar-refractivity contribution in [1.82, 2.24) is 5.32 Å². The van der Waals surface area contributed by atoms with Crippen molar-refractivity contribution in [3.8, 4) is 0 Å². The van der Waals surface area contributed by atoms with E-state index in [0.29, 0.717) is 6.42 Å². The molecule has 1 aromatic carbocycles. The molecule has 1 N–H and O–H groups in total. The number of quaternary nitrogens is 1. The minimum absolute atomic E-state index is 0.217. The third-order valence-electron chi connectivity index (χ3n) is 4.22. The summed E-state index contributed by atoms with van der Waals surface area (Å²) < 4.78 is 0.955. The number of hydrogen-bond acceptors (Lipinski definition) is 1. The topological polar surface area (TPSA) is 29.1 Å². The molecule has 0 aliphatic rings. The van der Waals surface area contributed by atoms with Gasteiger partial charge in [-0.1, -0.05) is 62.9 Å². The van der Waals surface area contributed by atoms with Gasteiger partial charge in [0.05, 0.1) is 20.6 Å². The third kappa shape index (κ3) is 10.1. The number of benzene rings is 1. The summed E-state index contributed by atoms with van der Waals surface area (Å²) in [7, 11) is 4.51. The smallest absolute Gasteiger partial charge is 0.219 e. The van der Waals surface area contributed by atoms with E-state index in [0.717, 1.165) is 37.0 Å². The summed E-state index contributed by atoms with van der Waals surface area (Å²) in [5, 5.41) is 3.06. The van der Waals surface area contributed by atoms with Crippen LogP contribution < -0.4 is 5.32 Å². The number of hydrogen-bond donors (Lipinski definition) is 1. The van der Waals surface area contributed by atoms with Crippen molar-refractivity contribution in [3.63, 3.8) is 0 Å². The number of carbonyl (C=O) groups excluding carboxylic acids is 1. The van der Waals surface area contributed by atoms with Crippen LogP contribution in [0.2, 0.25) is 0 Å². The molecule has 0 fully saturated rings. The first-order valence-electron chi connectivity index (χ1n) is 9.16. The molecule has 1 rings (SSSR count). The van der Waals surface area contributed by atoms with Crippen LogP contribution in [0.5, 0.6) is 0 Å². The number of nitrogens with zero attached hydrogens (tertiary/aromatic N) is 1. The second-order valence-corrected chi connectivity index (χ2v) is 7.17. The first-order chi connectivity index (χ1) is 11.0. The lowest BCUT2D eigenvalue weighted by atomic mass is 10.1. The molecule has 1 amide bonds. The Morgan fingerprint density at radius 1 is 1.00 bits per heavy atom. The van der Waals surface area contributed by atoms with E-state index in [1.165, 1.54) is 31.2 Å². The zero-order valence-corrected chi connectivity index (χ0v) is 15.3. The molecule has 0 atom stereocenters. The maximum absolute atomic E-state index is 11.8. The predicted molar refractivity (Wildman–Crippen MR) is 98.1 cm³/mol. The zero-order chi connectivity index (χ0) is 17.0. The summed E-state index contributed by atoms with van der Waals surface area (Å²) >= 11 is 0. The first-order valence-corrected chi connectivity index (χ1v) is 9.16. The molecule has 0 spiro atoms. The molecular formula is C20H35N2O+. The van der Waals surface area contributed by atoms with E-state index < -0.39 is 0 Å². The molecule has 3 heteroatoms. The van der Waals surface area contributed by atoms with Crippen LogP contribution in [0.15, 0.2) is 30.3 Å². The van der Waals surface area contributed by atoms with Crippen LogP contribution in [0.4, 0.5) is 0 Å². The molecular weight excluding hydrogens is 284 g/mol. The largest absolute Gasteiger partial charge is 0.356 e. The van der Waals surface area contributed by atoms with Crippen molar-refractivity contribution < 1.29 is 9.28 Å². The molecule has 0 unspecified atom stereocenters. The van der Waals surface area contributed by atoms with Gasteiger partial charge in [0.25, 0.3) is 0 Å². The van der Waals surface area contributed by atoms with Crippen LogP contribution >= 0.6 is 0 Å². The number of carbonyl (C=O) groups is 1. The van der Waals surface area contributed by atoms with Gasteiger partial charge >= 0.3 is 0 Å². The van der Waals surface area contributed by atoms with Gasteiger partial charge in [0.2, 0.25) is 5.91 Å². The van der Waals surface area contributed by atoms with Gasteiger partial charge in [0.1, 0.15) is 6.54 Å². The lowest BCUT2D eigenvalue weighted by molar-refractivity contribution is -0.903. The van der Waals surface area contributed by atoms with Crippen LogP contribution in [-0.2, 0) is 11.3 Å². The summed E-state index contributed by atoms with van der Waals surface area (Å²) in [5.41, 5.74) is 1.37. The molecule has 3 nitrogen and oxygen atoms in total. The predicted octanol–water partition coefficient (Wildman–Crippen LogP) is 4.13. The number of rotatable bonds is 12. The minimum Gasteiger partial charge on any atom is -0.356 e. The number of unbranched alkanes of at least 4 members (excludes halogenated alkanes) is 4. The van der Waals surface area contributed by atoms with Gasteiger partial charge in [0.15, 0.2) is 0 Å². The fourth-order valence-corrected chi connectivity index (χ4v) is 2.87. The van der Waals surface area contributed by atoms with Gasteiger partial charge in [-0.15, -0.1) is 0 Å². The summed E-state index contributed by atoms with van der Waals surface area (Å²) in [6, 6.07) is 10.6. The van der Waals surface area contributed by atoms with Crippen molar-refractivity contribution in [1.29, 1.82) is 0 Å². The molecule has 0 heterocycles. The second kappa shape index (κ2) is 11.2. The Balaban J connectivity index is 2.10. The summed E-state index contributed by atoms with van der Waals surface area (Å²) in [4.78, 5) is 11.8. The molecule has 0 aromatic heterocycles. The lowest BCUT2D eigenvalue weighted by Crippen LogP contribution is -2.41. The van der Waals surface area contributed by atoms with Crippen LogP contribution in [0.1, 0.15) is 57.4 Å². The van der Waals surface area contributed by atoms with Gasteiger partial charge in [-0.2, -0.15) is 0 Å². The van der Waals surface area contributed by atoms with E-state index in [4.69, 9.17) is 0 Å². The van der Waals surface area contributed by atoms with Crippen LogP contribution in [0, 0.1) is 0 Å². The van der Waals surface area contributed by atoms with Crippen LogP contribution in [0.3, 0.4) is 0 Å². The maximum Gasteiger partial charge on any atom is 0.219 e. The highest BCUT2D eigenvalue weighted by Gasteiger charge is 2.15. The highest BCUT2D eigenvalue weighted by atomic mass is 16.1. The minimum atomic E-state index is 0.217. The quantitative estimate of drug-likeness (QED) is 0.455. The summed E-state index contributed by atoms with van der Waals surface area (Å²) in [6.45, 7) is 5.12. The van der Waals surface area contributed by atoms with E-state index >= 15 is 0 Å². The van der Waals surface area contributed by atoms with Crippen molar-refractivity contribution in [2.75, 3.05) is 27.2 Å². The van der Waals surface area contributed by atoms with E-state index in [1.54, 1.807) is 0 Å². The van der Waals surface area contributed by atoms with E-state index in [9.17, 15) is 4.79 Å². The molecule has 0 radical (unpaired) electrons. The highest BCUT2D eigenvalue weighted by molar-refractivity contribution is 5.75. The molecule has 23 heavy (non-hydrogen) atoms. The average Bonchev–Trinajstić information content (AvgIpc) is 2.52. The van der Waals surface area contributed by atoms with E-state index in [-0.39, 0.29) is 5.91 Å². The fourth-order valence-electron chi connectivity index (χ4n) is 2.87. The second-order valence-electron chi connectivity index (χ2n) is 7.17. The molecule has 0 aliphatic heterocycles. The molecule has 1 aromatic rings. The average molecular weight is 320 g/mol. The Bertz CT molecular complexity index is 429. The van der Waals surface area contributed by atoms with Crippen molar-refractivity contribution in [2.24, 2.45) is 0 Å². The molecule has 0 aliphatic carbocycles. The fraction of sp³-hybridized carbons (Fsp3) is 0.650. The molecule has 130 valence electrons.